The fourth-order valence-corrected chi connectivity index (χ4v) is 2.22. The van der Waals surface area contributed by atoms with Crippen LogP contribution in [0.5, 0.6) is 0 Å². The van der Waals surface area contributed by atoms with E-state index in [1.165, 1.54) is 4.90 Å². The number of likely N-dealkylation sites (N-methyl/N-ethyl adjacent to an activating group) is 1. The zero-order valence-electron chi connectivity index (χ0n) is 11.3. The molecule has 7 nitrogen and oxygen atoms in total. The summed E-state index contributed by atoms with van der Waals surface area (Å²) in [6.45, 7) is 2.15. The minimum Gasteiger partial charge on any atom is -0.481 e. The van der Waals surface area contributed by atoms with E-state index in [4.69, 9.17) is 5.11 Å². The van der Waals surface area contributed by atoms with Gasteiger partial charge in [-0.1, -0.05) is 0 Å². The fourth-order valence-electron chi connectivity index (χ4n) is 2.22. The van der Waals surface area contributed by atoms with Gasteiger partial charge in [0.15, 0.2) is 0 Å². The molecule has 1 saturated heterocycles. The average Bonchev–Trinajstić information content (AvgIpc) is 2.36. The van der Waals surface area contributed by atoms with Crippen LogP contribution in [-0.4, -0.2) is 53.6 Å². The summed E-state index contributed by atoms with van der Waals surface area (Å²) in [5, 5.41) is 13.8. The number of nitrogens with zero attached hydrogens (tertiary/aromatic N) is 1. The SMILES string of the molecule is CNC(=O)C1CCCCN1C(=O)NC(C)CC(=O)O. The maximum Gasteiger partial charge on any atom is 0.318 e. The third-order valence-corrected chi connectivity index (χ3v) is 3.16. The molecule has 0 aromatic rings. The number of piperidine rings is 1. The Morgan fingerprint density at radius 1 is 1.37 bits per heavy atom. The van der Waals surface area contributed by atoms with E-state index >= 15 is 0 Å². The number of carbonyl (C=O) groups is 3. The number of urea groups is 1. The van der Waals surface area contributed by atoms with Crippen molar-refractivity contribution >= 4 is 17.9 Å². The molecule has 2 atom stereocenters. The Morgan fingerprint density at radius 3 is 2.63 bits per heavy atom. The van der Waals surface area contributed by atoms with Gasteiger partial charge in [-0.05, 0) is 26.2 Å². The molecule has 2 unspecified atom stereocenters. The van der Waals surface area contributed by atoms with E-state index in [0.717, 1.165) is 12.8 Å². The van der Waals surface area contributed by atoms with Gasteiger partial charge in [-0.25, -0.2) is 4.79 Å². The smallest absolute Gasteiger partial charge is 0.318 e. The molecule has 0 aliphatic carbocycles. The van der Waals surface area contributed by atoms with Gasteiger partial charge < -0.3 is 20.6 Å². The number of hydrogen-bond donors (Lipinski definition) is 3. The first-order valence-corrected chi connectivity index (χ1v) is 6.46. The molecule has 0 aromatic carbocycles. The Labute approximate surface area is 112 Å². The molecule has 0 radical (unpaired) electrons. The summed E-state index contributed by atoms with van der Waals surface area (Å²) in [5.74, 6) is -1.14. The lowest BCUT2D eigenvalue weighted by molar-refractivity contribution is -0.137. The van der Waals surface area contributed by atoms with E-state index in [1.54, 1.807) is 14.0 Å². The number of likely N-dealkylation sites (tertiary alicyclic amines) is 1. The van der Waals surface area contributed by atoms with Gasteiger partial charge in [0.05, 0.1) is 6.42 Å². The van der Waals surface area contributed by atoms with E-state index in [-0.39, 0.29) is 18.4 Å². The van der Waals surface area contributed by atoms with E-state index in [2.05, 4.69) is 10.6 Å². The first-order valence-electron chi connectivity index (χ1n) is 6.46. The predicted molar refractivity (Wildman–Crippen MR) is 68.7 cm³/mol. The normalized spacial score (nSPS) is 20.5. The van der Waals surface area contributed by atoms with Crippen LogP contribution in [0.2, 0.25) is 0 Å². The van der Waals surface area contributed by atoms with Crippen molar-refractivity contribution in [1.29, 1.82) is 0 Å². The van der Waals surface area contributed by atoms with Crippen LogP contribution in [0.15, 0.2) is 0 Å². The summed E-state index contributed by atoms with van der Waals surface area (Å²) in [6.07, 6.45) is 2.27. The van der Waals surface area contributed by atoms with Crippen molar-refractivity contribution in [3.8, 4) is 0 Å². The summed E-state index contributed by atoms with van der Waals surface area (Å²) in [7, 11) is 1.54. The molecule has 1 aliphatic heterocycles. The zero-order chi connectivity index (χ0) is 14.4. The summed E-state index contributed by atoms with van der Waals surface area (Å²) >= 11 is 0. The summed E-state index contributed by atoms with van der Waals surface area (Å²) in [6, 6.07) is -1.30. The molecule has 1 fully saturated rings. The van der Waals surface area contributed by atoms with Crippen molar-refractivity contribution in [2.24, 2.45) is 0 Å². The zero-order valence-corrected chi connectivity index (χ0v) is 11.3. The highest BCUT2D eigenvalue weighted by molar-refractivity contribution is 5.87. The predicted octanol–water partition coefficient (Wildman–Crippen LogP) is 0.160. The van der Waals surface area contributed by atoms with E-state index < -0.39 is 18.1 Å². The largest absolute Gasteiger partial charge is 0.481 e. The van der Waals surface area contributed by atoms with Crippen LogP contribution in [0.25, 0.3) is 0 Å². The first-order chi connectivity index (χ1) is 8.95. The number of carboxylic acid groups (broad SMARTS) is 1. The minimum absolute atomic E-state index is 0.135. The minimum atomic E-state index is -0.964. The maximum atomic E-state index is 12.1. The van der Waals surface area contributed by atoms with E-state index in [0.29, 0.717) is 13.0 Å². The molecule has 1 heterocycles. The monoisotopic (exact) mass is 271 g/mol. The van der Waals surface area contributed by atoms with E-state index in [9.17, 15) is 14.4 Å². The van der Waals surface area contributed by atoms with Gasteiger partial charge in [0.25, 0.3) is 0 Å². The van der Waals surface area contributed by atoms with Gasteiger partial charge in [-0.15, -0.1) is 0 Å². The number of hydrogen-bond acceptors (Lipinski definition) is 3. The Hall–Kier alpha value is -1.79. The molecule has 3 amide bonds. The van der Waals surface area contributed by atoms with Crippen molar-refractivity contribution < 1.29 is 19.5 Å². The quantitative estimate of drug-likeness (QED) is 0.678. The Balaban J connectivity index is 2.61. The molecule has 3 N–H and O–H groups in total. The lowest BCUT2D eigenvalue weighted by atomic mass is 10.0. The average molecular weight is 271 g/mol. The molecular weight excluding hydrogens is 250 g/mol. The summed E-state index contributed by atoms with van der Waals surface area (Å²) in [4.78, 5) is 35.8. The van der Waals surface area contributed by atoms with Gasteiger partial charge in [0, 0.05) is 19.6 Å². The standard InChI is InChI=1S/C12H21N3O4/c1-8(7-10(16)17)14-12(19)15-6-4-3-5-9(15)11(18)13-2/h8-9H,3-7H2,1-2H3,(H,13,18)(H,14,19)(H,16,17). The second-order valence-electron chi connectivity index (χ2n) is 4.77. The van der Waals surface area contributed by atoms with Gasteiger partial charge in [-0.2, -0.15) is 0 Å². The highest BCUT2D eigenvalue weighted by Gasteiger charge is 2.32. The van der Waals surface area contributed by atoms with Crippen LogP contribution in [-0.2, 0) is 9.59 Å². The van der Waals surface area contributed by atoms with Crippen LogP contribution in [0.4, 0.5) is 4.79 Å². The van der Waals surface area contributed by atoms with Crippen LogP contribution in [0.1, 0.15) is 32.6 Å². The Morgan fingerprint density at radius 2 is 2.05 bits per heavy atom. The van der Waals surface area contributed by atoms with Crippen molar-refractivity contribution in [1.82, 2.24) is 15.5 Å². The molecule has 1 rings (SSSR count). The molecule has 19 heavy (non-hydrogen) atoms. The molecule has 108 valence electrons. The molecule has 1 aliphatic rings. The number of nitrogens with one attached hydrogen (secondary N) is 2. The number of carboxylic acids is 1. The van der Waals surface area contributed by atoms with Gasteiger partial charge in [-0.3, -0.25) is 9.59 Å². The highest BCUT2D eigenvalue weighted by Crippen LogP contribution is 2.17. The third kappa shape index (κ3) is 4.42. The third-order valence-electron chi connectivity index (χ3n) is 3.16. The van der Waals surface area contributed by atoms with Crippen LogP contribution < -0.4 is 10.6 Å². The fraction of sp³-hybridized carbons (Fsp3) is 0.750. The Bertz CT molecular complexity index is 359. The van der Waals surface area contributed by atoms with Crippen LogP contribution in [0.3, 0.4) is 0 Å². The summed E-state index contributed by atoms with van der Waals surface area (Å²) < 4.78 is 0. The number of aliphatic carboxylic acids is 1. The van der Waals surface area contributed by atoms with Crippen molar-refractivity contribution in [3.05, 3.63) is 0 Å². The first kappa shape index (κ1) is 15.3. The molecule has 0 bridgehead atoms. The second-order valence-corrected chi connectivity index (χ2v) is 4.77. The lowest BCUT2D eigenvalue weighted by Crippen LogP contribution is -2.55. The number of carbonyl (C=O) groups excluding carboxylic acids is 2. The highest BCUT2D eigenvalue weighted by atomic mass is 16.4. The summed E-state index contributed by atoms with van der Waals surface area (Å²) in [5.41, 5.74) is 0. The van der Waals surface area contributed by atoms with Crippen LogP contribution in [0, 0.1) is 0 Å². The molecular formula is C12H21N3O4. The molecule has 0 aromatic heterocycles. The van der Waals surface area contributed by atoms with Crippen molar-refractivity contribution in [2.75, 3.05) is 13.6 Å². The van der Waals surface area contributed by atoms with E-state index in [1.807, 2.05) is 0 Å². The van der Waals surface area contributed by atoms with Gasteiger partial charge >= 0.3 is 12.0 Å². The van der Waals surface area contributed by atoms with Gasteiger partial charge in [0.2, 0.25) is 5.91 Å². The van der Waals surface area contributed by atoms with Gasteiger partial charge in [0.1, 0.15) is 6.04 Å². The van der Waals surface area contributed by atoms with Crippen molar-refractivity contribution in [3.63, 3.8) is 0 Å². The molecule has 0 saturated carbocycles. The topological polar surface area (TPSA) is 98.7 Å². The van der Waals surface area contributed by atoms with Crippen LogP contribution >= 0.6 is 0 Å². The number of amides is 3. The van der Waals surface area contributed by atoms with Crippen molar-refractivity contribution in [2.45, 2.75) is 44.7 Å². The molecule has 7 heteroatoms. The molecule has 0 spiro atoms. The number of rotatable bonds is 4. The lowest BCUT2D eigenvalue weighted by Gasteiger charge is -2.35. The second kappa shape index (κ2) is 6.96. The maximum absolute atomic E-state index is 12.1. The Kier molecular flexibility index (Phi) is 5.59.